The fourth-order valence-corrected chi connectivity index (χ4v) is 3.99. The fraction of sp³-hybridized carbons (Fsp3) is 0.619. The molecule has 0 aliphatic carbocycles. The Balaban J connectivity index is 1.46. The zero-order valence-corrected chi connectivity index (χ0v) is 15.9. The van der Waals surface area contributed by atoms with E-state index in [9.17, 15) is 4.79 Å². The summed E-state index contributed by atoms with van der Waals surface area (Å²) >= 11 is 0. The number of hydrogen-bond donors (Lipinski definition) is 0. The van der Waals surface area contributed by atoms with E-state index in [4.69, 9.17) is 5.26 Å². The van der Waals surface area contributed by atoms with Gasteiger partial charge in [0.25, 0.3) is 0 Å². The Labute approximate surface area is 157 Å². The molecule has 0 N–H and O–H groups in total. The highest BCUT2D eigenvalue weighted by atomic mass is 16.2. The Hall–Kier alpha value is -1.90. The van der Waals surface area contributed by atoms with E-state index in [-0.39, 0.29) is 0 Å². The lowest BCUT2D eigenvalue weighted by Crippen LogP contribution is -2.45. The summed E-state index contributed by atoms with van der Waals surface area (Å²) in [5.74, 6) is 0.942. The van der Waals surface area contributed by atoms with Crippen molar-refractivity contribution in [3.63, 3.8) is 0 Å². The summed E-state index contributed by atoms with van der Waals surface area (Å²) in [6, 6.07) is 10.0. The van der Waals surface area contributed by atoms with Crippen LogP contribution in [0.2, 0.25) is 0 Å². The number of carbonyl (C=O) groups is 1. The number of nitrogens with zero attached hydrogens (tertiary/aromatic N) is 4. The number of benzene rings is 1. The SMILES string of the molecule is CC1CCCN(C(=O)CN2CCCN(Cc3ccc(C#N)cc3)CC2)C1. The monoisotopic (exact) mass is 354 g/mol. The van der Waals surface area contributed by atoms with Crippen molar-refractivity contribution in [2.45, 2.75) is 32.7 Å². The number of hydrogen-bond acceptors (Lipinski definition) is 4. The molecule has 1 amide bonds. The fourth-order valence-electron chi connectivity index (χ4n) is 3.99. The van der Waals surface area contributed by atoms with Gasteiger partial charge in [-0.15, -0.1) is 0 Å². The van der Waals surface area contributed by atoms with Gasteiger partial charge in [0.2, 0.25) is 5.91 Å². The summed E-state index contributed by atoms with van der Waals surface area (Å²) in [4.78, 5) is 19.4. The molecule has 26 heavy (non-hydrogen) atoms. The molecule has 3 rings (SSSR count). The molecule has 2 heterocycles. The summed E-state index contributed by atoms with van der Waals surface area (Å²) in [6.45, 7) is 9.58. The first-order valence-electron chi connectivity index (χ1n) is 9.85. The van der Waals surface area contributed by atoms with Gasteiger partial charge in [0.05, 0.1) is 18.2 Å². The van der Waals surface area contributed by atoms with Crippen LogP contribution in [0.4, 0.5) is 0 Å². The van der Waals surface area contributed by atoms with Crippen molar-refractivity contribution in [1.82, 2.24) is 14.7 Å². The van der Waals surface area contributed by atoms with Gasteiger partial charge in [0.1, 0.15) is 0 Å². The number of nitriles is 1. The molecule has 1 atom stereocenters. The zero-order chi connectivity index (χ0) is 18.4. The third kappa shape index (κ3) is 5.30. The normalized spacial score (nSPS) is 22.6. The second-order valence-electron chi connectivity index (χ2n) is 7.80. The Morgan fingerprint density at radius 3 is 2.54 bits per heavy atom. The number of carbonyl (C=O) groups excluding carboxylic acids is 1. The molecule has 2 aliphatic heterocycles. The van der Waals surface area contributed by atoms with Gasteiger partial charge in [-0.25, -0.2) is 0 Å². The maximum Gasteiger partial charge on any atom is 0.236 e. The molecule has 2 fully saturated rings. The van der Waals surface area contributed by atoms with E-state index in [0.717, 1.165) is 58.7 Å². The Kier molecular flexibility index (Phi) is 6.65. The minimum Gasteiger partial charge on any atom is -0.341 e. The van der Waals surface area contributed by atoms with Crippen molar-refractivity contribution in [1.29, 1.82) is 5.26 Å². The van der Waals surface area contributed by atoms with Crippen LogP contribution in [0.3, 0.4) is 0 Å². The van der Waals surface area contributed by atoms with Gasteiger partial charge in [0.15, 0.2) is 0 Å². The number of amides is 1. The van der Waals surface area contributed by atoms with Crippen LogP contribution in [-0.4, -0.2) is 66.4 Å². The predicted molar refractivity (Wildman–Crippen MR) is 102 cm³/mol. The average molecular weight is 354 g/mol. The number of rotatable bonds is 4. The van der Waals surface area contributed by atoms with Gasteiger partial charge in [-0.3, -0.25) is 14.6 Å². The van der Waals surface area contributed by atoms with E-state index >= 15 is 0 Å². The summed E-state index contributed by atoms with van der Waals surface area (Å²) in [6.07, 6.45) is 3.49. The van der Waals surface area contributed by atoms with Crippen molar-refractivity contribution in [2.75, 3.05) is 45.8 Å². The van der Waals surface area contributed by atoms with Crippen molar-refractivity contribution in [2.24, 2.45) is 5.92 Å². The third-order valence-corrected chi connectivity index (χ3v) is 5.54. The van der Waals surface area contributed by atoms with Gasteiger partial charge < -0.3 is 4.90 Å². The summed E-state index contributed by atoms with van der Waals surface area (Å²) in [5.41, 5.74) is 1.96. The van der Waals surface area contributed by atoms with E-state index in [1.54, 1.807) is 0 Å². The molecular formula is C21H30N4O. The Morgan fingerprint density at radius 2 is 1.81 bits per heavy atom. The molecule has 5 nitrogen and oxygen atoms in total. The number of likely N-dealkylation sites (tertiary alicyclic amines) is 1. The van der Waals surface area contributed by atoms with Crippen LogP contribution in [0.25, 0.3) is 0 Å². The summed E-state index contributed by atoms with van der Waals surface area (Å²) in [5, 5.41) is 8.90. The van der Waals surface area contributed by atoms with Crippen LogP contribution >= 0.6 is 0 Å². The molecule has 0 bridgehead atoms. The van der Waals surface area contributed by atoms with Crippen LogP contribution < -0.4 is 0 Å². The molecular weight excluding hydrogens is 324 g/mol. The first kappa shape index (κ1) is 18.9. The van der Waals surface area contributed by atoms with Crippen LogP contribution in [0.1, 0.15) is 37.3 Å². The third-order valence-electron chi connectivity index (χ3n) is 5.54. The summed E-state index contributed by atoms with van der Waals surface area (Å²) < 4.78 is 0. The molecule has 0 saturated carbocycles. The second-order valence-corrected chi connectivity index (χ2v) is 7.80. The Morgan fingerprint density at radius 1 is 1.08 bits per heavy atom. The lowest BCUT2D eigenvalue weighted by molar-refractivity contribution is -0.134. The van der Waals surface area contributed by atoms with Gasteiger partial charge in [-0.1, -0.05) is 19.1 Å². The average Bonchev–Trinajstić information content (AvgIpc) is 2.87. The van der Waals surface area contributed by atoms with E-state index < -0.39 is 0 Å². The molecule has 5 heteroatoms. The molecule has 2 saturated heterocycles. The van der Waals surface area contributed by atoms with Crippen molar-refractivity contribution < 1.29 is 4.79 Å². The quantitative estimate of drug-likeness (QED) is 0.833. The first-order valence-corrected chi connectivity index (χ1v) is 9.85. The van der Waals surface area contributed by atoms with Crippen LogP contribution in [-0.2, 0) is 11.3 Å². The molecule has 0 spiro atoms. The van der Waals surface area contributed by atoms with Gasteiger partial charge in [-0.2, -0.15) is 5.26 Å². The number of piperidine rings is 1. The topological polar surface area (TPSA) is 50.6 Å². The lowest BCUT2D eigenvalue weighted by Gasteiger charge is -2.32. The van der Waals surface area contributed by atoms with E-state index in [1.807, 2.05) is 24.3 Å². The van der Waals surface area contributed by atoms with Crippen LogP contribution in [0.5, 0.6) is 0 Å². The standard InChI is InChI=1S/C21H30N4O/c1-18-4-2-11-25(15-18)21(26)17-24-10-3-9-23(12-13-24)16-20-7-5-19(14-22)6-8-20/h5-8,18H,2-4,9-13,15-17H2,1H3. The smallest absolute Gasteiger partial charge is 0.236 e. The molecule has 140 valence electrons. The molecule has 1 unspecified atom stereocenters. The lowest BCUT2D eigenvalue weighted by atomic mass is 10.0. The molecule has 1 aromatic rings. The maximum atomic E-state index is 12.6. The zero-order valence-electron chi connectivity index (χ0n) is 15.9. The summed E-state index contributed by atoms with van der Waals surface area (Å²) in [7, 11) is 0. The van der Waals surface area contributed by atoms with Gasteiger partial charge in [0, 0.05) is 32.7 Å². The van der Waals surface area contributed by atoms with Crippen LogP contribution in [0, 0.1) is 17.2 Å². The maximum absolute atomic E-state index is 12.6. The molecule has 0 radical (unpaired) electrons. The van der Waals surface area contributed by atoms with E-state index in [1.165, 1.54) is 12.0 Å². The van der Waals surface area contributed by atoms with Crippen molar-refractivity contribution in [3.8, 4) is 6.07 Å². The highest BCUT2D eigenvalue weighted by molar-refractivity contribution is 5.78. The first-order chi connectivity index (χ1) is 12.6. The molecule has 1 aromatic carbocycles. The van der Waals surface area contributed by atoms with Gasteiger partial charge >= 0.3 is 0 Å². The highest BCUT2D eigenvalue weighted by Gasteiger charge is 2.23. The van der Waals surface area contributed by atoms with Crippen LogP contribution in [0.15, 0.2) is 24.3 Å². The minimum atomic E-state index is 0.303. The van der Waals surface area contributed by atoms with Gasteiger partial charge in [-0.05, 0) is 56.0 Å². The van der Waals surface area contributed by atoms with E-state index in [0.29, 0.717) is 23.9 Å². The molecule has 0 aromatic heterocycles. The largest absolute Gasteiger partial charge is 0.341 e. The molecule has 2 aliphatic rings. The van der Waals surface area contributed by atoms with Crippen molar-refractivity contribution >= 4 is 5.91 Å². The predicted octanol–water partition coefficient (Wildman–Crippen LogP) is 2.32. The Bertz CT molecular complexity index is 636. The highest BCUT2D eigenvalue weighted by Crippen LogP contribution is 2.16. The van der Waals surface area contributed by atoms with Crippen molar-refractivity contribution in [3.05, 3.63) is 35.4 Å². The van der Waals surface area contributed by atoms with E-state index in [2.05, 4.69) is 27.7 Å². The second kappa shape index (κ2) is 9.16. The minimum absolute atomic E-state index is 0.303.